The van der Waals surface area contributed by atoms with Crippen LogP contribution in [0.4, 0.5) is 11.4 Å². The third-order valence-electron chi connectivity index (χ3n) is 6.40. The zero-order valence-corrected chi connectivity index (χ0v) is 20.7. The smallest absolute Gasteiger partial charge is 0.262 e. The predicted molar refractivity (Wildman–Crippen MR) is 137 cm³/mol. The summed E-state index contributed by atoms with van der Waals surface area (Å²) in [4.78, 5) is 41.2. The second-order valence-electron chi connectivity index (χ2n) is 9.20. The third kappa shape index (κ3) is 7.29. The molecule has 0 aromatic heterocycles. The number of nitrogens with zero attached hydrogens (tertiary/aromatic N) is 2. The largest absolute Gasteiger partial charge is 0.484 e. The third-order valence-corrected chi connectivity index (χ3v) is 6.40. The van der Waals surface area contributed by atoms with Crippen LogP contribution in [0.2, 0.25) is 0 Å². The number of hydrogen-bond donors (Lipinski definition) is 2. The van der Waals surface area contributed by atoms with Crippen LogP contribution in [-0.4, -0.2) is 75.2 Å². The van der Waals surface area contributed by atoms with Crippen LogP contribution in [0.25, 0.3) is 0 Å². The number of amides is 3. The lowest BCUT2D eigenvalue weighted by atomic mass is 10.1. The minimum atomic E-state index is -0.359. The van der Waals surface area contributed by atoms with Gasteiger partial charge in [-0.15, -0.1) is 0 Å². The van der Waals surface area contributed by atoms with Crippen LogP contribution in [0.5, 0.6) is 5.75 Å². The molecule has 3 amide bonds. The van der Waals surface area contributed by atoms with Crippen LogP contribution in [-0.2, 0) is 19.1 Å². The molecule has 36 heavy (non-hydrogen) atoms. The van der Waals surface area contributed by atoms with Crippen molar-refractivity contribution in [1.82, 2.24) is 10.2 Å². The molecule has 0 aliphatic carbocycles. The number of carbonyl (C=O) groups excluding carboxylic acids is 3. The Balaban J connectivity index is 1.19. The van der Waals surface area contributed by atoms with Crippen LogP contribution >= 0.6 is 0 Å². The average Bonchev–Trinajstić information content (AvgIpc) is 3.29. The molecule has 2 fully saturated rings. The van der Waals surface area contributed by atoms with Crippen molar-refractivity contribution >= 4 is 29.1 Å². The Hall–Kier alpha value is -3.43. The summed E-state index contributed by atoms with van der Waals surface area (Å²) in [7, 11) is 0. The Morgan fingerprint density at radius 2 is 1.78 bits per heavy atom. The van der Waals surface area contributed by atoms with Gasteiger partial charge in [0.15, 0.2) is 6.61 Å². The van der Waals surface area contributed by atoms with Crippen molar-refractivity contribution in [2.45, 2.75) is 19.8 Å². The summed E-state index contributed by atoms with van der Waals surface area (Å²) in [5, 5.41) is 5.77. The van der Waals surface area contributed by atoms with E-state index < -0.39 is 0 Å². The molecule has 2 aliphatic heterocycles. The summed E-state index contributed by atoms with van der Waals surface area (Å²) in [5.41, 5.74) is 2.54. The van der Waals surface area contributed by atoms with Gasteiger partial charge in [0.05, 0.1) is 19.1 Å². The van der Waals surface area contributed by atoms with Gasteiger partial charge in [-0.2, -0.15) is 0 Å². The minimum Gasteiger partial charge on any atom is -0.484 e. The summed E-state index contributed by atoms with van der Waals surface area (Å²) < 4.78 is 10.9. The van der Waals surface area contributed by atoms with E-state index in [-0.39, 0.29) is 36.7 Å². The van der Waals surface area contributed by atoms with Gasteiger partial charge < -0.3 is 25.0 Å². The number of ether oxygens (including phenoxy) is 2. The van der Waals surface area contributed by atoms with E-state index in [2.05, 4.69) is 15.5 Å². The Morgan fingerprint density at radius 3 is 2.50 bits per heavy atom. The topological polar surface area (TPSA) is 100 Å². The van der Waals surface area contributed by atoms with Gasteiger partial charge in [-0.1, -0.05) is 17.7 Å². The molecular formula is C27H34N4O5. The lowest BCUT2D eigenvalue weighted by Gasteiger charge is -2.26. The van der Waals surface area contributed by atoms with Gasteiger partial charge in [-0.3, -0.25) is 19.3 Å². The molecule has 2 aliphatic rings. The quantitative estimate of drug-likeness (QED) is 0.492. The van der Waals surface area contributed by atoms with Crippen molar-refractivity contribution in [3.63, 3.8) is 0 Å². The lowest BCUT2D eigenvalue weighted by molar-refractivity contribution is -0.126. The van der Waals surface area contributed by atoms with Crippen LogP contribution in [0.15, 0.2) is 48.5 Å². The lowest BCUT2D eigenvalue weighted by Crippen LogP contribution is -2.39. The molecule has 1 atom stereocenters. The molecule has 0 unspecified atom stereocenters. The van der Waals surface area contributed by atoms with E-state index in [9.17, 15) is 14.4 Å². The summed E-state index contributed by atoms with van der Waals surface area (Å²) in [6.07, 6.45) is 1.08. The van der Waals surface area contributed by atoms with Gasteiger partial charge in [0, 0.05) is 44.0 Å². The highest BCUT2D eigenvalue weighted by Gasteiger charge is 2.35. The molecule has 0 saturated carbocycles. The number of nitrogens with one attached hydrogen (secondary N) is 2. The number of benzene rings is 2. The molecule has 2 N–H and O–H groups in total. The summed E-state index contributed by atoms with van der Waals surface area (Å²) in [6.45, 7) is 7.15. The van der Waals surface area contributed by atoms with Crippen molar-refractivity contribution in [3.8, 4) is 5.75 Å². The van der Waals surface area contributed by atoms with E-state index in [0.29, 0.717) is 30.2 Å². The van der Waals surface area contributed by atoms with E-state index in [1.165, 1.54) is 0 Å². The molecule has 2 saturated heterocycles. The van der Waals surface area contributed by atoms with E-state index in [1.54, 1.807) is 29.2 Å². The highest BCUT2D eigenvalue weighted by molar-refractivity contribution is 6.00. The number of hydrogen-bond acceptors (Lipinski definition) is 6. The van der Waals surface area contributed by atoms with E-state index in [4.69, 9.17) is 9.47 Å². The predicted octanol–water partition coefficient (Wildman–Crippen LogP) is 2.20. The van der Waals surface area contributed by atoms with Gasteiger partial charge >= 0.3 is 0 Å². The average molecular weight is 495 g/mol. The molecule has 4 rings (SSSR count). The van der Waals surface area contributed by atoms with Crippen molar-refractivity contribution in [2.75, 3.05) is 62.8 Å². The second-order valence-corrected chi connectivity index (χ2v) is 9.20. The molecule has 2 aromatic rings. The fourth-order valence-electron chi connectivity index (χ4n) is 4.32. The van der Waals surface area contributed by atoms with Crippen molar-refractivity contribution in [2.24, 2.45) is 5.92 Å². The molecule has 0 radical (unpaired) electrons. The fraction of sp³-hybridized carbons (Fsp3) is 0.444. The Morgan fingerprint density at radius 1 is 1.06 bits per heavy atom. The Labute approximate surface area is 211 Å². The molecular weight excluding hydrogens is 460 g/mol. The van der Waals surface area contributed by atoms with Crippen molar-refractivity contribution < 1.29 is 23.9 Å². The van der Waals surface area contributed by atoms with Gasteiger partial charge in [-0.05, 0) is 56.3 Å². The first-order valence-corrected chi connectivity index (χ1v) is 12.5. The van der Waals surface area contributed by atoms with Crippen LogP contribution in [0.3, 0.4) is 0 Å². The molecule has 9 heteroatoms. The molecule has 192 valence electrons. The maximum Gasteiger partial charge on any atom is 0.262 e. The first-order chi connectivity index (χ1) is 17.5. The van der Waals surface area contributed by atoms with E-state index in [1.807, 2.05) is 31.2 Å². The normalized spacial score (nSPS) is 18.2. The van der Waals surface area contributed by atoms with Gasteiger partial charge in [-0.25, -0.2) is 0 Å². The van der Waals surface area contributed by atoms with Gasteiger partial charge in [0.2, 0.25) is 11.8 Å². The Kier molecular flexibility index (Phi) is 8.91. The maximum atomic E-state index is 12.6. The maximum absolute atomic E-state index is 12.6. The molecule has 9 nitrogen and oxygen atoms in total. The van der Waals surface area contributed by atoms with Crippen LogP contribution in [0.1, 0.15) is 18.4 Å². The number of morpholine rings is 1. The minimum absolute atomic E-state index is 0.0744. The van der Waals surface area contributed by atoms with Crippen LogP contribution < -0.4 is 20.3 Å². The van der Waals surface area contributed by atoms with E-state index in [0.717, 1.165) is 44.8 Å². The Bertz CT molecular complexity index is 1040. The van der Waals surface area contributed by atoms with E-state index >= 15 is 0 Å². The number of carbonyl (C=O) groups is 3. The number of aryl methyl sites for hydroxylation is 1. The SMILES string of the molecule is Cc1ccc(NC(=O)COc2ccc(N3C[C@@H](C(=O)NCCCN4CCOCC4)CC3=O)cc2)cc1. The molecule has 2 aromatic carbocycles. The molecule has 2 heterocycles. The number of rotatable bonds is 10. The van der Waals surface area contributed by atoms with Gasteiger partial charge in [0.1, 0.15) is 5.75 Å². The highest BCUT2D eigenvalue weighted by Crippen LogP contribution is 2.27. The van der Waals surface area contributed by atoms with Crippen molar-refractivity contribution in [3.05, 3.63) is 54.1 Å². The number of anilines is 2. The summed E-state index contributed by atoms with van der Waals surface area (Å²) in [5.74, 6) is -0.236. The zero-order valence-electron chi connectivity index (χ0n) is 20.7. The van der Waals surface area contributed by atoms with Gasteiger partial charge in [0.25, 0.3) is 5.91 Å². The first kappa shape index (κ1) is 25.7. The second kappa shape index (κ2) is 12.5. The molecule has 0 bridgehead atoms. The zero-order chi connectivity index (χ0) is 25.3. The summed E-state index contributed by atoms with van der Waals surface area (Å²) >= 11 is 0. The van der Waals surface area contributed by atoms with Crippen LogP contribution in [0, 0.1) is 12.8 Å². The standard InChI is InChI=1S/C27H34N4O5/c1-20-3-5-22(6-4-20)29-25(32)19-36-24-9-7-23(8-10-24)31-18-21(17-26(31)33)27(34)28-11-2-12-30-13-15-35-16-14-30/h3-10,21H,2,11-19H2,1H3,(H,28,34)(H,29,32)/t21-/m0/s1. The fourth-order valence-corrected chi connectivity index (χ4v) is 4.32. The summed E-state index contributed by atoms with van der Waals surface area (Å²) in [6, 6.07) is 14.5. The molecule has 0 spiro atoms. The first-order valence-electron chi connectivity index (χ1n) is 12.5. The monoisotopic (exact) mass is 494 g/mol. The highest BCUT2D eigenvalue weighted by atomic mass is 16.5. The van der Waals surface area contributed by atoms with Crippen molar-refractivity contribution in [1.29, 1.82) is 0 Å².